The van der Waals surface area contributed by atoms with Gasteiger partial charge < -0.3 is 10.2 Å². The molecule has 0 spiro atoms. The molecule has 2 rings (SSSR count). The van der Waals surface area contributed by atoms with Gasteiger partial charge in [0.1, 0.15) is 0 Å². The summed E-state index contributed by atoms with van der Waals surface area (Å²) >= 11 is 0. The lowest BCUT2D eigenvalue weighted by Gasteiger charge is -2.43. The third-order valence-corrected chi connectivity index (χ3v) is 3.51. The van der Waals surface area contributed by atoms with Gasteiger partial charge >= 0.3 is 0 Å². The van der Waals surface area contributed by atoms with Crippen LogP contribution in [0.15, 0.2) is 18.2 Å². The first-order valence-corrected chi connectivity index (χ1v) is 6.03. The van der Waals surface area contributed by atoms with Gasteiger partial charge in [-0.15, -0.1) is 0 Å². The molecule has 0 radical (unpaired) electrons. The van der Waals surface area contributed by atoms with Crippen LogP contribution in [0.2, 0.25) is 0 Å². The van der Waals surface area contributed by atoms with E-state index in [1.807, 2.05) is 17.0 Å². The zero-order valence-corrected chi connectivity index (χ0v) is 11.0. The van der Waals surface area contributed by atoms with E-state index in [0.29, 0.717) is 6.54 Å². The maximum atomic E-state index is 12.1. The Hall–Kier alpha value is -1.35. The molecular formula is C14H20N2O. The quantitative estimate of drug-likeness (QED) is 0.803. The van der Waals surface area contributed by atoms with E-state index in [1.165, 1.54) is 11.1 Å². The fourth-order valence-corrected chi connectivity index (χ4v) is 2.41. The Labute approximate surface area is 103 Å². The second kappa shape index (κ2) is 4.15. The molecule has 0 saturated carbocycles. The monoisotopic (exact) mass is 232 g/mol. The van der Waals surface area contributed by atoms with Crippen molar-refractivity contribution >= 4 is 11.6 Å². The highest BCUT2D eigenvalue weighted by molar-refractivity contribution is 5.97. The Bertz CT molecular complexity index is 452. The van der Waals surface area contributed by atoms with Crippen LogP contribution in [0.5, 0.6) is 0 Å². The molecule has 1 saturated heterocycles. The van der Waals surface area contributed by atoms with E-state index in [9.17, 15) is 4.79 Å². The van der Waals surface area contributed by atoms with E-state index >= 15 is 0 Å². The van der Waals surface area contributed by atoms with Crippen LogP contribution < -0.4 is 10.2 Å². The van der Waals surface area contributed by atoms with Crippen molar-refractivity contribution in [2.45, 2.75) is 33.2 Å². The van der Waals surface area contributed by atoms with Gasteiger partial charge in [-0.3, -0.25) is 4.79 Å². The molecule has 1 fully saturated rings. The molecule has 1 aliphatic heterocycles. The van der Waals surface area contributed by atoms with Crippen molar-refractivity contribution in [2.24, 2.45) is 0 Å². The van der Waals surface area contributed by atoms with Crippen molar-refractivity contribution in [1.29, 1.82) is 0 Å². The maximum Gasteiger partial charge on any atom is 0.241 e. The standard InChI is InChI=1S/C14H20N2O/c1-10-6-5-7-12(11(10)2)16-13(17)8-15-9-14(16,3)4/h5-7,15H,8-9H2,1-4H3. The highest BCUT2D eigenvalue weighted by Crippen LogP contribution is 2.30. The van der Waals surface area contributed by atoms with Gasteiger partial charge in [-0.25, -0.2) is 0 Å². The van der Waals surface area contributed by atoms with Gasteiger partial charge in [-0.1, -0.05) is 12.1 Å². The zero-order chi connectivity index (χ0) is 12.6. The average molecular weight is 232 g/mol. The summed E-state index contributed by atoms with van der Waals surface area (Å²) in [6.07, 6.45) is 0. The smallest absolute Gasteiger partial charge is 0.241 e. The molecule has 0 aromatic heterocycles. The van der Waals surface area contributed by atoms with E-state index in [4.69, 9.17) is 0 Å². The molecule has 1 N–H and O–H groups in total. The predicted molar refractivity (Wildman–Crippen MR) is 70.4 cm³/mol. The van der Waals surface area contributed by atoms with Crippen molar-refractivity contribution < 1.29 is 4.79 Å². The van der Waals surface area contributed by atoms with E-state index < -0.39 is 0 Å². The van der Waals surface area contributed by atoms with Crippen molar-refractivity contribution in [2.75, 3.05) is 18.0 Å². The second-order valence-electron chi connectivity index (χ2n) is 5.36. The third-order valence-electron chi connectivity index (χ3n) is 3.51. The molecule has 1 aliphatic rings. The normalized spacial score (nSPS) is 19.5. The molecule has 0 aliphatic carbocycles. The maximum absolute atomic E-state index is 12.1. The van der Waals surface area contributed by atoms with Crippen LogP contribution in [0, 0.1) is 13.8 Å². The summed E-state index contributed by atoms with van der Waals surface area (Å²) in [5.74, 6) is 0.148. The molecule has 17 heavy (non-hydrogen) atoms. The van der Waals surface area contributed by atoms with Gasteiger partial charge in [0.15, 0.2) is 0 Å². The first-order chi connectivity index (χ1) is 7.93. The zero-order valence-electron chi connectivity index (χ0n) is 11.0. The van der Waals surface area contributed by atoms with Crippen LogP contribution in [0.25, 0.3) is 0 Å². The number of piperazine rings is 1. The van der Waals surface area contributed by atoms with E-state index in [0.717, 1.165) is 12.2 Å². The third kappa shape index (κ3) is 2.07. The molecule has 1 amide bonds. The number of amides is 1. The lowest BCUT2D eigenvalue weighted by atomic mass is 9.96. The molecule has 3 heteroatoms. The van der Waals surface area contributed by atoms with Gasteiger partial charge in [0, 0.05) is 12.2 Å². The fourth-order valence-electron chi connectivity index (χ4n) is 2.41. The number of aryl methyl sites for hydroxylation is 1. The molecule has 92 valence electrons. The Morgan fingerprint density at radius 2 is 2.00 bits per heavy atom. The number of rotatable bonds is 1. The van der Waals surface area contributed by atoms with E-state index in [2.05, 4.69) is 39.1 Å². The molecular weight excluding hydrogens is 212 g/mol. The first-order valence-electron chi connectivity index (χ1n) is 6.03. The van der Waals surface area contributed by atoms with Gasteiger partial charge in [-0.05, 0) is 44.9 Å². The fraction of sp³-hybridized carbons (Fsp3) is 0.500. The van der Waals surface area contributed by atoms with Crippen molar-refractivity contribution in [3.63, 3.8) is 0 Å². The summed E-state index contributed by atoms with van der Waals surface area (Å²) in [5.41, 5.74) is 3.29. The summed E-state index contributed by atoms with van der Waals surface area (Å²) in [5, 5.41) is 3.17. The predicted octanol–water partition coefficient (Wildman–Crippen LogP) is 2.02. The van der Waals surface area contributed by atoms with Crippen molar-refractivity contribution in [3.05, 3.63) is 29.3 Å². The summed E-state index contributed by atoms with van der Waals surface area (Å²) in [6.45, 7) is 9.61. The van der Waals surface area contributed by atoms with Gasteiger partial charge in [0.25, 0.3) is 0 Å². The number of anilines is 1. The summed E-state index contributed by atoms with van der Waals surface area (Å²) in [7, 11) is 0. The number of carbonyl (C=O) groups is 1. The minimum atomic E-state index is -0.173. The summed E-state index contributed by atoms with van der Waals surface area (Å²) in [6, 6.07) is 6.13. The molecule has 0 unspecified atom stereocenters. The van der Waals surface area contributed by atoms with Crippen molar-refractivity contribution in [1.82, 2.24) is 5.32 Å². The largest absolute Gasteiger partial charge is 0.306 e. The lowest BCUT2D eigenvalue weighted by molar-refractivity contribution is -0.120. The van der Waals surface area contributed by atoms with Gasteiger partial charge in [0.05, 0.1) is 12.1 Å². The number of nitrogens with one attached hydrogen (secondary N) is 1. The SMILES string of the molecule is Cc1cccc(N2C(=O)CNCC2(C)C)c1C. The first kappa shape index (κ1) is 12.1. The van der Waals surface area contributed by atoms with Crippen LogP contribution in [-0.4, -0.2) is 24.5 Å². The van der Waals surface area contributed by atoms with Crippen LogP contribution >= 0.6 is 0 Å². The van der Waals surface area contributed by atoms with Crippen LogP contribution in [0.1, 0.15) is 25.0 Å². The second-order valence-corrected chi connectivity index (χ2v) is 5.36. The summed E-state index contributed by atoms with van der Waals surface area (Å²) in [4.78, 5) is 14.1. The molecule has 1 aromatic carbocycles. The van der Waals surface area contributed by atoms with Gasteiger partial charge in [0.2, 0.25) is 5.91 Å². The van der Waals surface area contributed by atoms with Crippen molar-refractivity contribution in [3.8, 4) is 0 Å². The van der Waals surface area contributed by atoms with Crippen LogP contribution in [0.4, 0.5) is 5.69 Å². The minimum absolute atomic E-state index is 0.148. The average Bonchev–Trinajstić information content (AvgIpc) is 2.23. The highest BCUT2D eigenvalue weighted by Gasteiger charge is 2.36. The molecule has 1 aromatic rings. The number of nitrogens with zero attached hydrogens (tertiary/aromatic N) is 1. The number of benzene rings is 1. The lowest BCUT2D eigenvalue weighted by Crippen LogP contribution is -2.61. The topological polar surface area (TPSA) is 32.3 Å². The van der Waals surface area contributed by atoms with E-state index in [-0.39, 0.29) is 11.4 Å². The Morgan fingerprint density at radius 1 is 1.29 bits per heavy atom. The molecule has 1 heterocycles. The Morgan fingerprint density at radius 3 is 2.65 bits per heavy atom. The molecule has 0 atom stereocenters. The minimum Gasteiger partial charge on any atom is -0.306 e. The van der Waals surface area contributed by atoms with E-state index in [1.54, 1.807) is 0 Å². The summed E-state index contributed by atoms with van der Waals surface area (Å²) < 4.78 is 0. The highest BCUT2D eigenvalue weighted by atomic mass is 16.2. The Balaban J connectivity index is 2.50. The van der Waals surface area contributed by atoms with Gasteiger partial charge in [-0.2, -0.15) is 0 Å². The Kier molecular flexibility index (Phi) is 2.96. The number of hydrogen-bond donors (Lipinski definition) is 1. The number of hydrogen-bond acceptors (Lipinski definition) is 2. The number of carbonyl (C=O) groups excluding carboxylic acids is 1. The van der Waals surface area contributed by atoms with Crippen LogP contribution in [-0.2, 0) is 4.79 Å². The molecule has 3 nitrogen and oxygen atoms in total. The van der Waals surface area contributed by atoms with Crippen LogP contribution in [0.3, 0.4) is 0 Å². The molecule has 0 bridgehead atoms.